The van der Waals surface area contributed by atoms with E-state index in [2.05, 4.69) is 5.32 Å². The number of carbonyl (C=O) groups is 1. The lowest BCUT2D eigenvalue weighted by Gasteiger charge is -2.10. The minimum atomic E-state index is -0.469. The van der Waals surface area contributed by atoms with E-state index in [1.165, 1.54) is 0 Å². The van der Waals surface area contributed by atoms with Gasteiger partial charge in [0, 0.05) is 12.6 Å². The van der Waals surface area contributed by atoms with Crippen LogP contribution in [0.1, 0.15) is 5.56 Å². The number of benzene rings is 3. The van der Waals surface area contributed by atoms with Gasteiger partial charge in [-0.1, -0.05) is 54.6 Å². The second-order valence-electron chi connectivity index (χ2n) is 5.71. The van der Waals surface area contributed by atoms with E-state index in [-0.39, 0.29) is 13.2 Å². The number of ether oxygens (including phenoxy) is 3. The highest BCUT2D eigenvalue weighted by Gasteiger charge is 2.03. The second kappa shape index (κ2) is 9.87. The maximum atomic E-state index is 11.7. The molecule has 0 aliphatic rings. The Balaban J connectivity index is 1.37. The molecule has 0 saturated carbocycles. The Morgan fingerprint density at radius 1 is 0.741 bits per heavy atom. The van der Waals surface area contributed by atoms with E-state index in [9.17, 15) is 4.79 Å². The zero-order chi connectivity index (χ0) is 18.7. The molecular formula is C22H21NO4. The summed E-state index contributed by atoms with van der Waals surface area (Å²) in [4.78, 5) is 11.7. The van der Waals surface area contributed by atoms with Gasteiger partial charge in [0.1, 0.15) is 30.5 Å². The molecule has 0 aliphatic heterocycles. The van der Waals surface area contributed by atoms with Crippen molar-refractivity contribution in [1.82, 2.24) is 5.32 Å². The molecule has 5 heteroatoms. The Hall–Kier alpha value is -3.47. The van der Waals surface area contributed by atoms with Gasteiger partial charge in [0.15, 0.2) is 0 Å². The molecule has 1 amide bonds. The molecular weight excluding hydrogens is 342 g/mol. The molecule has 27 heavy (non-hydrogen) atoms. The molecule has 0 fully saturated rings. The Labute approximate surface area is 158 Å². The average Bonchev–Trinajstić information content (AvgIpc) is 2.71. The van der Waals surface area contributed by atoms with Crippen LogP contribution in [-0.4, -0.2) is 19.3 Å². The molecule has 138 valence electrons. The van der Waals surface area contributed by atoms with Gasteiger partial charge in [0.25, 0.3) is 0 Å². The molecule has 1 N–H and O–H groups in total. The third kappa shape index (κ3) is 6.40. The van der Waals surface area contributed by atoms with Crippen molar-refractivity contribution >= 4 is 6.09 Å². The Bertz CT molecular complexity index is 837. The quantitative estimate of drug-likeness (QED) is 0.585. The zero-order valence-corrected chi connectivity index (χ0v) is 14.8. The van der Waals surface area contributed by atoms with Crippen molar-refractivity contribution in [3.05, 3.63) is 90.5 Å². The fraction of sp³-hybridized carbons (Fsp3) is 0.136. The fourth-order valence-corrected chi connectivity index (χ4v) is 2.37. The smallest absolute Gasteiger partial charge is 0.407 e. The third-order valence-electron chi connectivity index (χ3n) is 3.65. The van der Waals surface area contributed by atoms with E-state index in [0.29, 0.717) is 18.0 Å². The molecule has 3 rings (SSSR count). The number of rotatable bonds is 8. The van der Waals surface area contributed by atoms with Gasteiger partial charge in [-0.05, 0) is 29.8 Å². The maximum Gasteiger partial charge on any atom is 0.407 e. The largest absolute Gasteiger partial charge is 0.490 e. The van der Waals surface area contributed by atoms with Crippen LogP contribution in [0.2, 0.25) is 0 Å². The van der Waals surface area contributed by atoms with Gasteiger partial charge >= 0.3 is 6.09 Å². The molecule has 0 aliphatic carbocycles. The Morgan fingerprint density at radius 2 is 1.41 bits per heavy atom. The molecule has 0 atom stereocenters. The molecule has 0 unspecified atom stereocenters. The number of nitrogens with one attached hydrogen (secondary N) is 1. The van der Waals surface area contributed by atoms with E-state index in [1.54, 1.807) is 6.07 Å². The number of hydrogen-bond acceptors (Lipinski definition) is 4. The maximum absolute atomic E-state index is 11.7. The SMILES string of the molecule is O=C(NCc1ccccc1)OCCOc1cccc(Oc2ccccc2)c1. The van der Waals surface area contributed by atoms with E-state index < -0.39 is 6.09 Å². The van der Waals surface area contributed by atoms with Crippen molar-refractivity contribution in [2.45, 2.75) is 6.54 Å². The van der Waals surface area contributed by atoms with Crippen molar-refractivity contribution < 1.29 is 19.0 Å². The molecule has 0 heterocycles. The molecule has 0 radical (unpaired) electrons. The first kappa shape index (κ1) is 18.3. The first-order valence-electron chi connectivity index (χ1n) is 8.70. The van der Waals surface area contributed by atoms with Gasteiger partial charge in [-0.15, -0.1) is 0 Å². The number of amides is 1. The fourth-order valence-electron chi connectivity index (χ4n) is 2.37. The van der Waals surface area contributed by atoms with Crippen LogP contribution in [0.3, 0.4) is 0 Å². The topological polar surface area (TPSA) is 56.8 Å². The van der Waals surface area contributed by atoms with Crippen LogP contribution in [-0.2, 0) is 11.3 Å². The van der Waals surface area contributed by atoms with Crippen molar-refractivity contribution in [2.75, 3.05) is 13.2 Å². The number of para-hydroxylation sites is 1. The number of alkyl carbamates (subject to hydrolysis) is 1. The van der Waals surface area contributed by atoms with E-state index >= 15 is 0 Å². The van der Waals surface area contributed by atoms with E-state index in [1.807, 2.05) is 78.9 Å². The molecule has 0 saturated heterocycles. The zero-order valence-electron chi connectivity index (χ0n) is 14.8. The standard InChI is InChI=1S/C22H21NO4/c24-22(23-17-18-8-3-1-4-9-18)26-15-14-25-20-12-7-13-21(16-20)27-19-10-5-2-6-11-19/h1-13,16H,14-15,17H2,(H,23,24). The lowest BCUT2D eigenvalue weighted by Crippen LogP contribution is -2.25. The highest BCUT2D eigenvalue weighted by Crippen LogP contribution is 2.24. The van der Waals surface area contributed by atoms with Crippen LogP contribution in [0, 0.1) is 0 Å². The summed E-state index contributed by atoms with van der Waals surface area (Å²) in [6.45, 7) is 0.845. The summed E-state index contributed by atoms with van der Waals surface area (Å²) >= 11 is 0. The van der Waals surface area contributed by atoms with Gasteiger partial charge in [0.2, 0.25) is 0 Å². The summed E-state index contributed by atoms with van der Waals surface area (Å²) in [7, 11) is 0. The van der Waals surface area contributed by atoms with Crippen molar-refractivity contribution in [3.8, 4) is 17.2 Å². The van der Waals surface area contributed by atoms with Crippen LogP contribution in [0.15, 0.2) is 84.9 Å². The van der Waals surface area contributed by atoms with Gasteiger partial charge in [0.05, 0.1) is 0 Å². The monoisotopic (exact) mass is 363 g/mol. The number of carbonyl (C=O) groups excluding carboxylic acids is 1. The van der Waals surface area contributed by atoms with E-state index in [0.717, 1.165) is 11.3 Å². The predicted octanol–water partition coefficient (Wildman–Crippen LogP) is 4.78. The summed E-state index contributed by atoms with van der Waals surface area (Å²) in [5, 5.41) is 2.70. The highest BCUT2D eigenvalue weighted by atomic mass is 16.6. The number of hydrogen-bond donors (Lipinski definition) is 1. The minimum absolute atomic E-state index is 0.157. The van der Waals surface area contributed by atoms with Crippen molar-refractivity contribution in [3.63, 3.8) is 0 Å². The van der Waals surface area contributed by atoms with Crippen molar-refractivity contribution in [1.29, 1.82) is 0 Å². The van der Waals surface area contributed by atoms with Crippen LogP contribution in [0.5, 0.6) is 17.2 Å². The Kier molecular flexibility index (Phi) is 6.70. The summed E-state index contributed by atoms with van der Waals surface area (Å²) in [6.07, 6.45) is -0.469. The van der Waals surface area contributed by atoms with E-state index in [4.69, 9.17) is 14.2 Å². The van der Waals surface area contributed by atoms with Gasteiger partial charge in [-0.2, -0.15) is 0 Å². The van der Waals surface area contributed by atoms with Crippen LogP contribution in [0.25, 0.3) is 0 Å². The second-order valence-corrected chi connectivity index (χ2v) is 5.71. The molecule has 3 aromatic rings. The third-order valence-corrected chi connectivity index (χ3v) is 3.65. The minimum Gasteiger partial charge on any atom is -0.490 e. The summed E-state index contributed by atoms with van der Waals surface area (Å²) in [5.41, 5.74) is 1.01. The van der Waals surface area contributed by atoms with Crippen molar-refractivity contribution in [2.24, 2.45) is 0 Å². The summed E-state index contributed by atoms with van der Waals surface area (Å²) in [5.74, 6) is 2.09. The average molecular weight is 363 g/mol. The molecule has 5 nitrogen and oxygen atoms in total. The van der Waals surface area contributed by atoms with Gasteiger partial charge < -0.3 is 19.5 Å². The first-order valence-corrected chi connectivity index (χ1v) is 8.70. The van der Waals surface area contributed by atoms with Gasteiger partial charge in [-0.3, -0.25) is 0 Å². The molecule has 0 spiro atoms. The predicted molar refractivity (Wildman–Crippen MR) is 103 cm³/mol. The first-order chi connectivity index (χ1) is 13.3. The summed E-state index contributed by atoms with van der Waals surface area (Å²) in [6, 6.07) is 26.5. The van der Waals surface area contributed by atoms with Crippen LogP contribution < -0.4 is 14.8 Å². The van der Waals surface area contributed by atoms with Gasteiger partial charge in [-0.25, -0.2) is 4.79 Å². The lowest BCUT2D eigenvalue weighted by atomic mass is 10.2. The highest BCUT2D eigenvalue weighted by molar-refractivity contribution is 5.67. The Morgan fingerprint density at radius 3 is 2.19 bits per heavy atom. The lowest BCUT2D eigenvalue weighted by molar-refractivity contribution is 0.124. The normalized spacial score (nSPS) is 10.1. The molecule has 3 aromatic carbocycles. The summed E-state index contributed by atoms with van der Waals surface area (Å²) < 4.78 is 16.5. The van der Waals surface area contributed by atoms with Crippen LogP contribution >= 0.6 is 0 Å². The van der Waals surface area contributed by atoms with Crippen LogP contribution in [0.4, 0.5) is 4.79 Å². The molecule has 0 bridgehead atoms. The molecule has 0 aromatic heterocycles.